The number of aryl methyl sites for hydroxylation is 6. The van der Waals surface area contributed by atoms with Crippen molar-refractivity contribution in [1.82, 2.24) is 0 Å². The fourth-order valence-electron chi connectivity index (χ4n) is 5.63. The van der Waals surface area contributed by atoms with Crippen molar-refractivity contribution >= 4 is 111 Å². The van der Waals surface area contributed by atoms with Gasteiger partial charge in [-0.2, -0.15) is 0 Å². The Hall–Kier alpha value is -5.34. The summed E-state index contributed by atoms with van der Waals surface area (Å²) >= 11 is 15.7. The normalized spacial score (nSPS) is 9.37. The number of halogens is 6. The number of hydrogen-bond donors (Lipinski definition) is 7. The van der Waals surface area contributed by atoms with Gasteiger partial charge >= 0.3 is 41.5 Å². The second kappa shape index (κ2) is 42.1. The molecule has 16 N–H and O–H groups in total. The Balaban J connectivity index is -0.000000382. The summed E-state index contributed by atoms with van der Waals surface area (Å²) in [6, 6.07) is 33.4. The Labute approximate surface area is 460 Å². The quantitative estimate of drug-likeness (QED) is 0.0233. The molecular formula is C49H69Cl6FeN10O7. The van der Waals surface area contributed by atoms with E-state index in [2.05, 4.69) is 44.6 Å². The van der Waals surface area contributed by atoms with Crippen molar-refractivity contribution in [3.05, 3.63) is 194 Å². The van der Waals surface area contributed by atoms with Crippen molar-refractivity contribution < 1.29 is 31.4 Å². The first-order valence-electron chi connectivity index (χ1n) is 21.4. The molecule has 0 spiro atoms. The fourth-order valence-corrected chi connectivity index (χ4v) is 6.16. The van der Waals surface area contributed by atoms with Gasteiger partial charge in [0.15, 0.2) is 0 Å². The summed E-state index contributed by atoms with van der Waals surface area (Å²) < 4.78 is 0. The van der Waals surface area contributed by atoms with Crippen molar-refractivity contribution in [2.24, 2.45) is 11.7 Å². The van der Waals surface area contributed by atoms with E-state index in [1.165, 1.54) is 23.8 Å². The number of hydrazine groups is 1. The molecule has 0 heterocycles. The first-order chi connectivity index (χ1) is 33.5. The van der Waals surface area contributed by atoms with Gasteiger partial charge < -0.3 is 34.1 Å². The van der Waals surface area contributed by atoms with E-state index in [4.69, 9.17) is 93.8 Å². The summed E-state index contributed by atoms with van der Waals surface area (Å²) in [6.45, 7) is 11.9. The second-order valence-electron chi connectivity index (χ2n) is 14.0. The van der Waals surface area contributed by atoms with Crippen molar-refractivity contribution in [2.45, 2.75) is 87.5 Å². The van der Waals surface area contributed by atoms with Gasteiger partial charge in [0.2, 0.25) is 0 Å². The third kappa shape index (κ3) is 31.8. The van der Waals surface area contributed by atoms with Gasteiger partial charge in [0.1, 0.15) is 0 Å². The molecule has 407 valence electrons. The van der Waals surface area contributed by atoms with Crippen molar-refractivity contribution in [1.29, 1.82) is 0 Å². The third-order valence-electron chi connectivity index (χ3n) is 9.36. The molecule has 0 saturated carbocycles. The van der Waals surface area contributed by atoms with Crippen LogP contribution in [0.25, 0.3) is 0 Å². The number of benzene rings is 6. The van der Waals surface area contributed by atoms with Crippen LogP contribution in [0.3, 0.4) is 0 Å². The zero-order chi connectivity index (χ0) is 54.8. The number of nitro groups is 3. The molecule has 6 aromatic rings. The van der Waals surface area contributed by atoms with E-state index in [0.29, 0.717) is 62.4 Å². The zero-order valence-corrected chi connectivity index (χ0v) is 46.3. The Bertz CT molecular complexity index is 2330. The predicted octanol–water partition coefficient (Wildman–Crippen LogP) is 13.8. The molecule has 0 aliphatic rings. The summed E-state index contributed by atoms with van der Waals surface area (Å²) in [5.74, 6) is 8.00. The summed E-state index contributed by atoms with van der Waals surface area (Å²) in [4.78, 5) is 30.2. The first kappa shape index (κ1) is 74.2. The van der Waals surface area contributed by atoms with Crippen molar-refractivity contribution in [3.63, 3.8) is 0 Å². The number of rotatable bonds is 9. The van der Waals surface area contributed by atoms with Crippen LogP contribution in [0.2, 0.25) is 15.1 Å². The van der Waals surface area contributed by atoms with E-state index in [0.717, 1.165) is 47.5 Å². The first-order valence-corrected chi connectivity index (χ1v) is 27.1. The van der Waals surface area contributed by atoms with Crippen LogP contribution in [-0.4, -0.2) is 20.2 Å². The van der Waals surface area contributed by atoms with Gasteiger partial charge in [-0.25, -0.2) is 0 Å². The van der Waals surface area contributed by atoms with E-state index in [1.807, 2.05) is 57.2 Å². The van der Waals surface area contributed by atoms with Crippen LogP contribution >= 0.6 is 65.1 Å². The predicted molar refractivity (Wildman–Crippen MR) is 308 cm³/mol. The van der Waals surface area contributed by atoms with Gasteiger partial charge in [-0.05, 0) is 110 Å². The van der Waals surface area contributed by atoms with E-state index < -0.39 is 25.9 Å². The van der Waals surface area contributed by atoms with Gasteiger partial charge in [0.05, 0.1) is 14.8 Å². The zero-order valence-electron chi connectivity index (χ0n) is 40.7. The molecule has 0 amide bonds. The topological polar surface area (TPSA) is 343 Å². The van der Waals surface area contributed by atoms with Crippen LogP contribution < -0.4 is 40.4 Å². The van der Waals surface area contributed by atoms with Gasteiger partial charge in [-0.3, -0.25) is 42.0 Å². The molecule has 0 radical (unpaired) electrons. The van der Waals surface area contributed by atoms with E-state index in [9.17, 15) is 30.3 Å². The Morgan fingerprint density at radius 3 is 0.918 bits per heavy atom. The average molecular weight is 1180 g/mol. The monoisotopic (exact) mass is 1180 g/mol. The van der Waals surface area contributed by atoms with Gasteiger partial charge in [-0.1, -0.05) is 126 Å². The molecule has 6 aromatic carbocycles. The minimum absolute atomic E-state index is 0. The molecule has 73 heavy (non-hydrogen) atoms. The molecule has 0 unspecified atom stereocenters. The molecule has 17 nitrogen and oxygen atoms in total. The SMILES string of the molecule is C.CCc1ccc(Cl)cc1N.CCc1ccc(Cl)cc1N.CCc1ccc(Cl)cc1[N+](=O)[O-].CCc1ccc(N)cc1.CCc1ccc(N)cc1[N+](=O)[O-].CCc1ccc(N)cc1[N+](=O)[O-].NN.O.[Cl][Fe]([Cl])[Cl]. The molecule has 6 rings (SSSR count). The molecule has 0 aliphatic heterocycles. The van der Waals surface area contributed by atoms with Gasteiger partial charge in [0, 0.05) is 78.4 Å². The Morgan fingerprint density at radius 1 is 0.411 bits per heavy atom. The molecule has 0 aliphatic carbocycles. The van der Waals surface area contributed by atoms with E-state index >= 15 is 0 Å². The number of nitrogens with zero attached hydrogens (tertiary/aromatic N) is 3. The second-order valence-corrected chi connectivity index (χ2v) is 20.8. The molecule has 0 bridgehead atoms. The summed E-state index contributed by atoms with van der Waals surface area (Å²) in [6.07, 6.45) is 4.95. The van der Waals surface area contributed by atoms with E-state index in [1.54, 1.807) is 48.5 Å². The van der Waals surface area contributed by atoms with Gasteiger partial charge in [0.25, 0.3) is 17.1 Å². The fraction of sp³-hybridized carbons (Fsp3) is 0.265. The molecule has 0 saturated heterocycles. The maximum atomic E-state index is 10.5. The van der Waals surface area contributed by atoms with Crippen LogP contribution in [0.5, 0.6) is 0 Å². The van der Waals surface area contributed by atoms with E-state index in [-0.39, 0.29) is 30.0 Å². The molecular weight excluding hydrogens is 1110 g/mol. The maximum absolute atomic E-state index is 10.5. The number of nitro benzene ring substituents is 3. The van der Waals surface area contributed by atoms with Crippen LogP contribution in [0, 0.1) is 30.3 Å². The number of nitrogens with two attached hydrogens (primary N) is 7. The molecule has 24 heteroatoms. The van der Waals surface area contributed by atoms with Gasteiger partial charge in [-0.15, -0.1) is 0 Å². The molecule has 0 fully saturated rings. The molecule has 0 aromatic heterocycles. The Kier molecular flexibility index (Phi) is 42.7. The summed E-state index contributed by atoms with van der Waals surface area (Å²) in [7, 11) is 14.7. The Morgan fingerprint density at radius 2 is 0.658 bits per heavy atom. The third-order valence-corrected chi connectivity index (χ3v) is 10.1. The van der Waals surface area contributed by atoms with Crippen molar-refractivity contribution in [3.8, 4) is 0 Å². The standard InChI is InChI=1S/C8H8ClNO2.2C8H10ClN.2C8H10N2O2.C8H11N.CH4.3ClH.Fe.H4N2.H2O/c1-2-6-3-4-7(9)5-8(6)10(11)12;2*1-2-6-3-4-7(9)5-8(6)10;2*1-2-6-3-4-7(9)5-8(6)10(11)12;1-2-7-3-5-8(9)6-4-7;;;;;;1-2;/h3-5H,2H2,1H3;2*3-5H,2,10H2,1H3;2*3-5H,2,9H2,1H3;3-6H,2,9H2,1H3;1H4;3*1H;;1-2H2;1H2/q;;;;;;;;;;+3;;/p-3. The molecule has 0 atom stereocenters. The van der Waals surface area contributed by atoms with Crippen LogP contribution in [0.4, 0.5) is 45.5 Å². The van der Waals surface area contributed by atoms with Crippen LogP contribution in [-0.2, 0) is 49.7 Å². The summed E-state index contributed by atoms with van der Waals surface area (Å²) in [5, 5.41) is 33.3. The average Bonchev–Trinajstić information content (AvgIpc) is 3.33. The minimum atomic E-state index is -1.33. The van der Waals surface area contributed by atoms with Crippen molar-refractivity contribution in [2.75, 3.05) is 28.7 Å². The number of anilines is 5. The number of nitrogen functional groups attached to an aromatic ring is 5. The van der Waals surface area contributed by atoms with Crippen LogP contribution in [0.1, 0.15) is 82.3 Å². The number of hydrogen-bond acceptors (Lipinski definition) is 13. The summed E-state index contributed by atoms with van der Waals surface area (Å²) in [5.41, 5.74) is 37.0. The van der Waals surface area contributed by atoms with Crippen LogP contribution in [0.15, 0.2) is 115 Å².